The van der Waals surface area contributed by atoms with E-state index >= 15 is 0 Å². The van der Waals surface area contributed by atoms with Crippen molar-refractivity contribution >= 4 is 45.7 Å². The molecule has 0 saturated carbocycles. The zero-order valence-electron chi connectivity index (χ0n) is 26.2. The average molecular weight is 651 g/mol. The molecular formula is C35H34N6O5S. The Morgan fingerprint density at radius 3 is 2.70 bits per heavy atom. The van der Waals surface area contributed by atoms with Crippen LogP contribution in [0.2, 0.25) is 0 Å². The lowest BCUT2D eigenvalue weighted by molar-refractivity contribution is 0.0636. The van der Waals surface area contributed by atoms with Crippen LogP contribution >= 0.6 is 11.3 Å². The molecule has 2 aromatic carbocycles. The minimum Gasteiger partial charge on any atom is -0.465 e. The average Bonchev–Trinajstić information content (AvgIpc) is 3.71. The summed E-state index contributed by atoms with van der Waals surface area (Å²) in [6, 6.07) is 21.5. The molecule has 1 aliphatic heterocycles. The highest BCUT2D eigenvalue weighted by atomic mass is 32.1. The Kier molecular flexibility index (Phi) is 9.03. The summed E-state index contributed by atoms with van der Waals surface area (Å²) in [6.45, 7) is 6.21. The van der Waals surface area contributed by atoms with Crippen LogP contribution in [0.1, 0.15) is 44.3 Å². The number of amides is 2. The second kappa shape index (κ2) is 13.5. The number of ether oxygens (including phenoxy) is 1. The van der Waals surface area contributed by atoms with Crippen molar-refractivity contribution in [2.45, 2.75) is 39.2 Å². The number of carboxylic acid groups (broad SMARTS) is 1. The van der Waals surface area contributed by atoms with Gasteiger partial charge in [-0.1, -0.05) is 42.5 Å². The number of carbonyl (C=O) groups is 2. The van der Waals surface area contributed by atoms with E-state index < -0.39 is 17.8 Å². The fourth-order valence-electron chi connectivity index (χ4n) is 5.10. The Morgan fingerprint density at radius 2 is 1.91 bits per heavy atom. The van der Waals surface area contributed by atoms with Gasteiger partial charge < -0.3 is 24.5 Å². The van der Waals surface area contributed by atoms with Gasteiger partial charge >= 0.3 is 12.2 Å². The van der Waals surface area contributed by atoms with Gasteiger partial charge in [0.05, 0.1) is 16.4 Å². The molecule has 12 heteroatoms. The van der Waals surface area contributed by atoms with Crippen LogP contribution in [0.3, 0.4) is 0 Å². The molecule has 0 atom stereocenters. The molecule has 0 saturated heterocycles. The maximum Gasteiger partial charge on any atom is 0.412 e. The SMILES string of the molecule is CC(C)(C)OC(=O)Nc1cccc(-c2ccnc(Nc3ccc(-c4ccccc4Cc4coc(C5=CCN(C(=O)O)CC5)n4)s3)n2)c1. The maximum atomic E-state index is 12.2. The zero-order chi connectivity index (χ0) is 33.0. The summed E-state index contributed by atoms with van der Waals surface area (Å²) in [5, 5.41) is 16.2. The van der Waals surface area contributed by atoms with E-state index in [4.69, 9.17) is 19.1 Å². The number of carbonyl (C=O) groups excluding carboxylic acids is 1. The topological polar surface area (TPSA) is 143 Å². The second-order valence-electron chi connectivity index (χ2n) is 11.9. The first-order valence-corrected chi connectivity index (χ1v) is 15.9. The number of nitrogens with zero attached hydrogens (tertiary/aromatic N) is 4. The van der Waals surface area contributed by atoms with Crippen molar-refractivity contribution in [3.63, 3.8) is 0 Å². The Hall–Kier alpha value is -5.49. The second-order valence-corrected chi connectivity index (χ2v) is 13.0. The zero-order valence-corrected chi connectivity index (χ0v) is 27.0. The van der Waals surface area contributed by atoms with Crippen molar-refractivity contribution in [2.75, 3.05) is 23.7 Å². The van der Waals surface area contributed by atoms with Crippen molar-refractivity contribution in [3.8, 4) is 21.7 Å². The third-order valence-electron chi connectivity index (χ3n) is 7.26. The molecule has 0 aliphatic carbocycles. The van der Waals surface area contributed by atoms with Crippen LogP contribution in [0.25, 0.3) is 27.3 Å². The Bertz CT molecular complexity index is 1940. The lowest BCUT2D eigenvalue weighted by Gasteiger charge is -2.22. The summed E-state index contributed by atoms with van der Waals surface area (Å²) in [6.07, 6.45) is 4.94. The number of hydrogen-bond donors (Lipinski definition) is 3. The van der Waals surface area contributed by atoms with Crippen molar-refractivity contribution in [2.24, 2.45) is 0 Å². The Balaban J connectivity index is 1.13. The highest BCUT2D eigenvalue weighted by Crippen LogP contribution is 2.36. The molecular weight excluding hydrogens is 616 g/mol. The van der Waals surface area contributed by atoms with Crippen molar-refractivity contribution in [3.05, 3.63) is 102 Å². The Labute approximate surface area is 276 Å². The molecule has 0 fully saturated rings. The van der Waals surface area contributed by atoms with Crippen molar-refractivity contribution in [1.82, 2.24) is 19.9 Å². The summed E-state index contributed by atoms with van der Waals surface area (Å²) in [4.78, 5) is 39.7. The van der Waals surface area contributed by atoms with Gasteiger partial charge in [0.1, 0.15) is 11.9 Å². The third-order valence-corrected chi connectivity index (χ3v) is 8.29. The summed E-state index contributed by atoms with van der Waals surface area (Å²) < 4.78 is 11.1. The molecule has 0 unspecified atom stereocenters. The predicted molar refractivity (Wildman–Crippen MR) is 182 cm³/mol. The molecule has 240 valence electrons. The predicted octanol–water partition coefficient (Wildman–Crippen LogP) is 8.31. The molecule has 0 radical (unpaired) electrons. The molecule has 1 aliphatic rings. The smallest absolute Gasteiger partial charge is 0.412 e. The number of aromatic nitrogens is 3. The van der Waals surface area contributed by atoms with Gasteiger partial charge in [0.25, 0.3) is 0 Å². The van der Waals surface area contributed by atoms with E-state index in [1.807, 2.05) is 69.3 Å². The minimum absolute atomic E-state index is 0.329. The van der Waals surface area contributed by atoms with Gasteiger partial charge in [0, 0.05) is 47.4 Å². The van der Waals surface area contributed by atoms with Crippen LogP contribution in [-0.2, 0) is 11.2 Å². The number of oxazole rings is 1. The van der Waals surface area contributed by atoms with Crippen LogP contribution in [0.5, 0.6) is 0 Å². The normalized spacial score (nSPS) is 13.2. The minimum atomic E-state index is -0.921. The molecule has 3 N–H and O–H groups in total. The van der Waals surface area contributed by atoms with Crippen LogP contribution < -0.4 is 10.6 Å². The summed E-state index contributed by atoms with van der Waals surface area (Å²) >= 11 is 1.59. The third kappa shape index (κ3) is 8.03. The lowest BCUT2D eigenvalue weighted by atomic mass is 10.0. The van der Waals surface area contributed by atoms with Crippen LogP contribution in [0.15, 0.2) is 89.7 Å². The van der Waals surface area contributed by atoms with Crippen molar-refractivity contribution < 1.29 is 23.8 Å². The fraction of sp³-hybridized carbons (Fsp3) is 0.229. The highest BCUT2D eigenvalue weighted by molar-refractivity contribution is 7.19. The van der Waals surface area contributed by atoms with Crippen LogP contribution in [0, 0.1) is 0 Å². The van der Waals surface area contributed by atoms with E-state index in [2.05, 4.69) is 33.8 Å². The summed E-state index contributed by atoms with van der Waals surface area (Å²) in [7, 11) is 0. The van der Waals surface area contributed by atoms with Gasteiger partial charge in [-0.15, -0.1) is 11.3 Å². The van der Waals surface area contributed by atoms with E-state index in [0.29, 0.717) is 49.2 Å². The first-order chi connectivity index (χ1) is 22.6. The molecule has 5 aromatic rings. The number of anilines is 3. The fourth-order valence-corrected chi connectivity index (χ4v) is 6.06. The first-order valence-electron chi connectivity index (χ1n) is 15.1. The molecule has 6 rings (SSSR count). The number of benzene rings is 2. The Morgan fingerprint density at radius 1 is 1.06 bits per heavy atom. The molecule has 0 bridgehead atoms. The molecule has 47 heavy (non-hydrogen) atoms. The van der Waals surface area contributed by atoms with Gasteiger partial charge in [-0.3, -0.25) is 5.32 Å². The molecule has 0 spiro atoms. The summed E-state index contributed by atoms with van der Waals surface area (Å²) in [5.74, 6) is 0.992. The molecule has 11 nitrogen and oxygen atoms in total. The summed E-state index contributed by atoms with van der Waals surface area (Å²) in [5.41, 5.74) is 5.46. The van der Waals surface area contributed by atoms with Crippen LogP contribution in [-0.4, -0.2) is 55.8 Å². The molecule has 2 amide bonds. The molecule has 3 aromatic heterocycles. The van der Waals surface area contributed by atoms with E-state index in [-0.39, 0.29) is 0 Å². The number of nitrogens with one attached hydrogen (secondary N) is 2. The first kappa shape index (κ1) is 31.5. The maximum absolute atomic E-state index is 12.2. The molecule has 4 heterocycles. The van der Waals surface area contributed by atoms with Gasteiger partial charge in [0.2, 0.25) is 11.8 Å². The van der Waals surface area contributed by atoms with Gasteiger partial charge in [0.15, 0.2) is 0 Å². The number of thiophene rings is 1. The highest BCUT2D eigenvalue weighted by Gasteiger charge is 2.20. The number of rotatable bonds is 8. The van der Waals surface area contributed by atoms with Crippen LogP contribution in [0.4, 0.5) is 26.2 Å². The van der Waals surface area contributed by atoms with E-state index in [0.717, 1.165) is 37.8 Å². The van der Waals surface area contributed by atoms with Gasteiger partial charge in [-0.2, -0.15) is 0 Å². The van der Waals surface area contributed by atoms with E-state index in [1.54, 1.807) is 29.9 Å². The van der Waals surface area contributed by atoms with E-state index in [9.17, 15) is 14.7 Å². The quantitative estimate of drug-likeness (QED) is 0.151. The van der Waals surface area contributed by atoms with Crippen molar-refractivity contribution in [1.29, 1.82) is 0 Å². The standard InChI is InChI=1S/C35H34N6O5S/c1-35(2,3)46-33(42)38-25-9-6-8-24(20-25)28-13-16-36-32(39-28)40-30-12-11-29(47-30)27-10-5-4-7-23(27)19-26-21-45-31(37-26)22-14-17-41(18-15-22)34(43)44/h4-14,16,20-21H,15,17-19H2,1-3H3,(H,38,42)(H,43,44)(H,36,39,40). The van der Waals surface area contributed by atoms with Gasteiger partial charge in [-0.05, 0) is 68.7 Å². The lowest BCUT2D eigenvalue weighted by Crippen LogP contribution is -2.33. The monoisotopic (exact) mass is 650 g/mol. The largest absolute Gasteiger partial charge is 0.465 e. The van der Waals surface area contributed by atoms with E-state index in [1.165, 1.54) is 4.90 Å². The number of hydrogen-bond acceptors (Lipinski definition) is 9. The van der Waals surface area contributed by atoms with Gasteiger partial charge in [-0.25, -0.2) is 24.5 Å².